The number of nitrogens with zero attached hydrogens (tertiary/aromatic N) is 1. The molecule has 0 spiro atoms. The topological polar surface area (TPSA) is 75.4 Å². The highest BCUT2D eigenvalue weighted by Gasteiger charge is 2.35. The average molecular weight is 306 g/mol. The molecule has 6 heteroatoms. The van der Waals surface area contributed by atoms with Gasteiger partial charge in [0.15, 0.2) is 0 Å². The van der Waals surface area contributed by atoms with Gasteiger partial charge in [0.1, 0.15) is 0 Å². The van der Waals surface area contributed by atoms with E-state index in [1.165, 1.54) is 0 Å². The maximum Gasteiger partial charge on any atom is 0.241 e. The largest absolute Gasteiger partial charge is 0.347 e. The third-order valence-corrected chi connectivity index (χ3v) is 3.75. The van der Waals surface area contributed by atoms with Crippen molar-refractivity contribution in [2.75, 3.05) is 19.6 Å². The van der Waals surface area contributed by atoms with Gasteiger partial charge >= 0.3 is 0 Å². The van der Waals surface area contributed by atoms with Crippen LogP contribution >= 0.6 is 12.4 Å². The Kier molecular flexibility index (Phi) is 6.49. The summed E-state index contributed by atoms with van der Waals surface area (Å²) in [5, 5.41) is 2.70. The van der Waals surface area contributed by atoms with Gasteiger partial charge in [-0.3, -0.25) is 9.59 Å². The number of piperidine rings is 1. The molecule has 0 aromatic heterocycles. The molecule has 1 fully saturated rings. The molecule has 0 radical (unpaired) electrons. The molecule has 1 heterocycles. The van der Waals surface area contributed by atoms with Crippen molar-refractivity contribution >= 4 is 24.2 Å². The van der Waals surface area contributed by atoms with Crippen LogP contribution in [0.2, 0.25) is 0 Å². The first-order valence-electron chi connectivity index (χ1n) is 6.86. The molecule has 1 aliphatic rings. The number of nitrogens with one attached hydrogen (secondary N) is 1. The highest BCUT2D eigenvalue weighted by molar-refractivity contribution is 5.87. The van der Waals surface area contributed by atoms with Crippen molar-refractivity contribution in [3.05, 3.63) is 0 Å². The molecule has 0 bridgehead atoms. The smallest absolute Gasteiger partial charge is 0.241 e. The second-order valence-electron chi connectivity index (χ2n) is 7.13. The van der Waals surface area contributed by atoms with Crippen LogP contribution in [-0.2, 0) is 9.59 Å². The molecule has 0 aliphatic carbocycles. The van der Waals surface area contributed by atoms with E-state index < -0.39 is 5.41 Å². The van der Waals surface area contributed by atoms with Gasteiger partial charge in [-0.15, -0.1) is 12.4 Å². The molecule has 2 amide bonds. The van der Waals surface area contributed by atoms with Gasteiger partial charge in [0.2, 0.25) is 11.8 Å². The number of amides is 2. The van der Waals surface area contributed by atoms with Gasteiger partial charge in [-0.25, -0.2) is 0 Å². The third kappa shape index (κ3) is 4.94. The lowest BCUT2D eigenvalue weighted by molar-refractivity contribution is -0.137. The van der Waals surface area contributed by atoms with Crippen LogP contribution in [0, 0.1) is 10.8 Å². The summed E-state index contributed by atoms with van der Waals surface area (Å²) in [6.07, 6.45) is 0.811. The van der Waals surface area contributed by atoms with Gasteiger partial charge in [-0.1, -0.05) is 34.6 Å². The normalized spacial score (nSPS) is 21.9. The Balaban J connectivity index is 0.00000361. The van der Waals surface area contributed by atoms with Gasteiger partial charge in [0, 0.05) is 24.5 Å². The quantitative estimate of drug-likeness (QED) is 0.804. The van der Waals surface area contributed by atoms with E-state index in [9.17, 15) is 9.59 Å². The standard InChI is InChI=1S/C14H27N3O2.ClH/c1-13(2,3)12(19)16-8-11(18)17-7-6-10(15)14(4,5)9-17;/h10H,6-9,15H2,1-5H3,(H,16,19);1H. The highest BCUT2D eigenvalue weighted by atomic mass is 35.5. The average Bonchev–Trinajstić information content (AvgIpc) is 2.27. The van der Waals surface area contributed by atoms with Crippen molar-refractivity contribution in [2.24, 2.45) is 16.6 Å². The van der Waals surface area contributed by atoms with Crippen molar-refractivity contribution in [1.29, 1.82) is 0 Å². The minimum Gasteiger partial charge on any atom is -0.347 e. The lowest BCUT2D eigenvalue weighted by Crippen LogP contribution is -2.55. The summed E-state index contributed by atoms with van der Waals surface area (Å²) in [5.41, 5.74) is 5.51. The zero-order valence-corrected chi connectivity index (χ0v) is 14.0. The Morgan fingerprint density at radius 3 is 2.35 bits per heavy atom. The fraction of sp³-hybridized carbons (Fsp3) is 0.857. The summed E-state index contributed by atoms with van der Waals surface area (Å²) in [6.45, 7) is 11.0. The number of carbonyl (C=O) groups excluding carboxylic acids is 2. The predicted octanol–water partition coefficient (Wildman–Crippen LogP) is 1.16. The second kappa shape index (κ2) is 6.76. The van der Waals surface area contributed by atoms with Crippen molar-refractivity contribution in [2.45, 2.75) is 47.1 Å². The zero-order chi connectivity index (χ0) is 14.8. The molecular weight excluding hydrogens is 278 g/mol. The van der Waals surface area contributed by atoms with E-state index in [1.54, 1.807) is 4.90 Å². The van der Waals surface area contributed by atoms with Crippen molar-refractivity contribution in [1.82, 2.24) is 10.2 Å². The maximum atomic E-state index is 12.1. The van der Waals surface area contributed by atoms with Crippen LogP contribution in [0.25, 0.3) is 0 Å². The Morgan fingerprint density at radius 2 is 1.90 bits per heavy atom. The number of halogens is 1. The minimum absolute atomic E-state index is 0. The molecule has 1 aliphatic heterocycles. The monoisotopic (exact) mass is 305 g/mol. The summed E-state index contributed by atoms with van der Waals surface area (Å²) in [6, 6.07) is 0.126. The van der Waals surface area contributed by atoms with E-state index in [0.717, 1.165) is 6.42 Å². The molecule has 1 saturated heterocycles. The number of hydrogen-bond acceptors (Lipinski definition) is 3. The molecule has 0 aromatic rings. The molecule has 118 valence electrons. The van der Waals surface area contributed by atoms with Crippen LogP contribution in [0.5, 0.6) is 0 Å². The number of rotatable bonds is 2. The molecule has 1 unspecified atom stereocenters. The van der Waals surface area contributed by atoms with Crippen LogP contribution in [0.15, 0.2) is 0 Å². The molecule has 20 heavy (non-hydrogen) atoms. The van der Waals surface area contributed by atoms with Crippen molar-refractivity contribution < 1.29 is 9.59 Å². The fourth-order valence-corrected chi connectivity index (χ4v) is 2.12. The second-order valence-corrected chi connectivity index (χ2v) is 7.13. The first-order chi connectivity index (χ1) is 8.54. The van der Waals surface area contributed by atoms with Crippen molar-refractivity contribution in [3.63, 3.8) is 0 Å². The van der Waals surface area contributed by atoms with E-state index in [2.05, 4.69) is 19.2 Å². The fourth-order valence-electron chi connectivity index (χ4n) is 2.12. The molecule has 1 atom stereocenters. The van der Waals surface area contributed by atoms with Gasteiger partial charge in [0.05, 0.1) is 6.54 Å². The lowest BCUT2D eigenvalue weighted by atomic mass is 9.79. The predicted molar refractivity (Wildman–Crippen MR) is 82.7 cm³/mol. The van der Waals surface area contributed by atoms with Crippen LogP contribution in [0.1, 0.15) is 41.0 Å². The summed E-state index contributed by atoms with van der Waals surface area (Å²) < 4.78 is 0. The number of hydrogen-bond donors (Lipinski definition) is 2. The third-order valence-electron chi connectivity index (χ3n) is 3.75. The molecule has 0 saturated carbocycles. The van der Waals surface area contributed by atoms with E-state index in [1.807, 2.05) is 20.8 Å². The Morgan fingerprint density at radius 1 is 1.35 bits per heavy atom. The maximum absolute atomic E-state index is 12.1. The molecule has 5 nitrogen and oxygen atoms in total. The van der Waals surface area contributed by atoms with Crippen LogP contribution in [0.4, 0.5) is 0 Å². The first-order valence-corrected chi connectivity index (χ1v) is 6.86. The Labute approximate surface area is 128 Å². The summed E-state index contributed by atoms with van der Waals surface area (Å²) >= 11 is 0. The molecule has 0 aromatic carbocycles. The van der Waals surface area contributed by atoms with Crippen LogP contribution in [0.3, 0.4) is 0 Å². The zero-order valence-electron chi connectivity index (χ0n) is 13.2. The number of carbonyl (C=O) groups is 2. The van der Waals surface area contributed by atoms with Gasteiger partial charge in [0.25, 0.3) is 0 Å². The SMILES string of the molecule is CC(C)(C)C(=O)NCC(=O)N1CCC(N)C(C)(C)C1.Cl. The van der Waals surface area contributed by atoms with E-state index in [4.69, 9.17) is 5.73 Å². The lowest BCUT2D eigenvalue weighted by Gasteiger charge is -2.42. The van der Waals surface area contributed by atoms with Crippen LogP contribution < -0.4 is 11.1 Å². The molecule has 3 N–H and O–H groups in total. The number of nitrogens with two attached hydrogens (primary N) is 1. The molecule has 1 rings (SSSR count). The van der Waals surface area contributed by atoms with Crippen LogP contribution in [-0.4, -0.2) is 42.4 Å². The molecular formula is C14H28ClN3O2. The highest BCUT2D eigenvalue weighted by Crippen LogP contribution is 2.27. The van der Waals surface area contributed by atoms with E-state index in [-0.39, 0.29) is 42.2 Å². The van der Waals surface area contributed by atoms with E-state index in [0.29, 0.717) is 13.1 Å². The summed E-state index contributed by atoms with van der Waals surface area (Å²) in [5.74, 6) is -0.133. The Bertz CT molecular complexity index is 364. The van der Waals surface area contributed by atoms with Gasteiger partial charge in [-0.05, 0) is 11.8 Å². The number of likely N-dealkylation sites (tertiary alicyclic amines) is 1. The van der Waals surface area contributed by atoms with Gasteiger partial charge < -0.3 is 16.0 Å². The summed E-state index contributed by atoms with van der Waals surface area (Å²) in [4.78, 5) is 25.6. The van der Waals surface area contributed by atoms with Gasteiger partial charge in [-0.2, -0.15) is 0 Å². The van der Waals surface area contributed by atoms with Crippen molar-refractivity contribution in [3.8, 4) is 0 Å². The Hall–Kier alpha value is -0.810. The first kappa shape index (κ1) is 19.2. The van der Waals surface area contributed by atoms with E-state index >= 15 is 0 Å². The minimum atomic E-state index is -0.468. The summed E-state index contributed by atoms with van der Waals surface area (Å²) in [7, 11) is 0.